The van der Waals surface area contributed by atoms with Gasteiger partial charge in [0.25, 0.3) is 0 Å². The molecule has 0 radical (unpaired) electrons. The molecule has 1 saturated carbocycles. The molecule has 0 spiro atoms. The molecule has 0 N–H and O–H groups in total. The second-order valence-corrected chi connectivity index (χ2v) is 4.99. The first-order valence-electron chi connectivity index (χ1n) is 5.34. The highest BCUT2D eigenvalue weighted by Gasteiger charge is 2.40. The monoisotopic (exact) mass is 208 g/mol. The zero-order valence-electron chi connectivity index (χ0n) is 8.67. The molecule has 1 aliphatic carbocycles. The third kappa shape index (κ3) is 2.12. The number of halogens is 1. The van der Waals surface area contributed by atoms with E-state index in [0.29, 0.717) is 5.41 Å². The molecular weight excluding hydrogens is 192 g/mol. The molecule has 0 aliphatic heterocycles. The van der Waals surface area contributed by atoms with Gasteiger partial charge < -0.3 is 0 Å². The molecule has 76 valence electrons. The number of rotatable bonds is 4. The zero-order chi connectivity index (χ0) is 10.0. The molecule has 1 fully saturated rings. The molecule has 0 heterocycles. The predicted molar refractivity (Wildman–Crippen MR) is 61.7 cm³/mol. The highest BCUT2D eigenvalue weighted by atomic mass is 35.5. The van der Waals surface area contributed by atoms with Gasteiger partial charge in [0, 0.05) is 5.88 Å². The van der Waals surface area contributed by atoms with Crippen LogP contribution < -0.4 is 0 Å². The van der Waals surface area contributed by atoms with Crippen molar-refractivity contribution in [2.24, 2.45) is 11.3 Å². The van der Waals surface area contributed by atoms with Crippen molar-refractivity contribution in [2.45, 2.75) is 26.2 Å². The first-order valence-corrected chi connectivity index (χ1v) is 5.88. The molecule has 0 saturated heterocycles. The lowest BCUT2D eigenvalue weighted by molar-refractivity contribution is 0.313. The SMILES string of the molecule is CC(CCl)(Cc1ccccc1)C1CC1. The van der Waals surface area contributed by atoms with E-state index >= 15 is 0 Å². The van der Waals surface area contributed by atoms with Crippen molar-refractivity contribution in [2.75, 3.05) is 5.88 Å². The minimum atomic E-state index is 0.322. The van der Waals surface area contributed by atoms with Crippen LogP contribution in [0.3, 0.4) is 0 Å². The lowest BCUT2D eigenvalue weighted by atomic mass is 9.81. The van der Waals surface area contributed by atoms with E-state index in [9.17, 15) is 0 Å². The van der Waals surface area contributed by atoms with Crippen LogP contribution in [0.15, 0.2) is 30.3 Å². The number of benzene rings is 1. The number of alkyl halides is 1. The summed E-state index contributed by atoms with van der Waals surface area (Å²) in [6, 6.07) is 10.7. The Bertz CT molecular complexity index is 289. The Hall–Kier alpha value is -0.490. The minimum absolute atomic E-state index is 0.322. The van der Waals surface area contributed by atoms with Gasteiger partial charge in [-0.2, -0.15) is 0 Å². The van der Waals surface area contributed by atoms with E-state index in [0.717, 1.165) is 18.2 Å². The van der Waals surface area contributed by atoms with Crippen LogP contribution in [-0.2, 0) is 6.42 Å². The van der Waals surface area contributed by atoms with Crippen LogP contribution in [-0.4, -0.2) is 5.88 Å². The van der Waals surface area contributed by atoms with Crippen LogP contribution in [0, 0.1) is 11.3 Å². The second kappa shape index (κ2) is 3.94. The van der Waals surface area contributed by atoms with Crippen LogP contribution in [0.25, 0.3) is 0 Å². The molecule has 1 aromatic rings. The molecule has 1 heteroatoms. The zero-order valence-corrected chi connectivity index (χ0v) is 9.43. The summed E-state index contributed by atoms with van der Waals surface area (Å²) in [5, 5.41) is 0. The first kappa shape index (κ1) is 10.0. The predicted octanol–water partition coefficient (Wildman–Crippen LogP) is 3.88. The average molecular weight is 209 g/mol. The minimum Gasteiger partial charge on any atom is -0.126 e. The Morgan fingerprint density at radius 1 is 1.29 bits per heavy atom. The fourth-order valence-electron chi connectivity index (χ4n) is 2.14. The van der Waals surface area contributed by atoms with Gasteiger partial charge in [-0.3, -0.25) is 0 Å². The molecule has 0 bridgehead atoms. The molecule has 14 heavy (non-hydrogen) atoms. The summed E-state index contributed by atoms with van der Waals surface area (Å²) in [6.07, 6.45) is 3.87. The second-order valence-electron chi connectivity index (χ2n) is 4.72. The van der Waals surface area contributed by atoms with Gasteiger partial charge in [0.05, 0.1) is 0 Å². The normalized spacial score (nSPS) is 20.4. The van der Waals surface area contributed by atoms with E-state index in [1.54, 1.807) is 0 Å². The van der Waals surface area contributed by atoms with Gasteiger partial charge >= 0.3 is 0 Å². The Labute approximate surface area is 91.3 Å². The topological polar surface area (TPSA) is 0 Å². The van der Waals surface area contributed by atoms with Crippen LogP contribution in [0.1, 0.15) is 25.3 Å². The molecule has 1 unspecified atom stereocenters. The maximum atomic E-state index is 6.09. The van der Waals surface area contributed by atoms with Crippen LogP contribution in [0.4, 0.5) is 0 Å². The number of hydrogen-bond donors (Lipinski definition) is 0. The molecule has 1 aromatic carbocycles. The lowest BCUT2D eigenvalue weighted by Crippen LogP contribution is -2.24. The summed E-state index contributed by atoms with van der Waals surface area (Å²) in [5.74, 6) is 1.65. The fraction of sp³-hybridized carbons (Fsp3) is 0.538. The van der Waals surface area contributed by atoms with Crippen molar-refractivity contribution in [1.29, 1.82) is 0 Å². The highest BCUT2D eigenvalue weighted by molar-refractivity contribution is 6.18. The highest BCUT2D eigenvalue weighted by Crippen LogP contribution is 2.47. The molecular formula is C13H17Cl. The summed E-state index contributed by atoms with van der Waals surface area (Å²) in [5.41, 5.74) is 1.74. The third-order valence-corrected chi connectivity index (χ3v) is 3.93. The van der Waals surface area contributed by atoms with Gasteiger partial charge in [-0.1, -0.05) is 37.3 Å². The summed E-state index contributed by atoms with van der Waals surface area (Å²) in [7, 11) is 0. The quantitative estimate of drug-likeness (QED) is 0.659. The lowest BCUT2D eigenvalue weighted by Gasteiger charge is -2.27. The van der Waals surface area contributed by atoms with Gasteiger partial charge in [-0.25, -0.2) is 0 Å². The van der Waals surface area contributed by atoms with Gasteiger partial charge in [-0.05, 0) is 36.2 Å². The van der Waals surface area contributed by atoms with E-state index in [2.05, 4.69) is 37.3 Å². The maximum Gasteiger partial charge on any atom is 0.0283 e. The molecule has 0 amide bonds. The third-order valence-electron chi connectivity index (χ3n) is 3.32. The van der Waals surface area contributed by atoms with E-state index in [1.165, 1.54) is 18.4 Å². The Morgan fingerprint density at radius 3 is 2.43 bits per heavy atom. The molecule has 2 rings (SSSR count). The van der Waals surface area contributed by atoms with E-state index < -0.39 is 0 Å². The molecule has 1 aliphatic rings. The van der Waals surface area contributed by atoms with Crippen LogP contribution >= 0.6 is 11.6 Å². The number of hydrogen-bond acceptors (Lipinski definition) is 0. The van der Waals surface area contributed by atoms with Crippen molar-refractivity contribution >= 4 is 11.6 Å². The first-order chi connectivity index (χ1) is 6.74. The Morgan fingerprint density at radius 2 is 1.93 bits per heavy atom. The summed E-state index contributed by atoms with van der Waals surface area (Å²) in [4.78, 5) is 0. The van der Waals surface area contributed by atoms with Gasteiger partial charge in [0.1, 0.15) is 0 Å². The van der Waals surface area contributed by atoms with Gasteiger partial charge in [-0.15, -0.1) is 11.6 Å². The average Bonchev–Trinajstić information content (AvgIpc) is 3.03. The van der Waals surface area contributed by atoms with Crippen molar-refractivity contribution < 1.29 is 0 Å². The molecule has 0 nitrogen and oxygen atoms in total. The largest absolute Gasteiger partial charge is 0.126 e. The maximum absolute atomic E-state index is 6.09. The summed E-state index contributed by atoms with van der Waals surface area (Å²) in [6.45, 7) is 2.32. The fourth-order valence-corrected chi connectivity index (χ4v) is 2.46. The van der Waals surface area contributed by atoms with Crippen molar-refractivity contribution in [3.63, 3.8) is 0 Å². The summed E-state index contributed by atoms with van der Waals surface area (Å²) >= 11 is 6.09. The Kier molecular flexibility index (Phi) is 2.83. The Balaban J connectivity index is 2.08. The van der Waals surface area contributed by atoms with Crippen molar-refractivity contribution in [1.82, 2.24) is 0 Å². The van der Waals surface area contributed by atoms with E-state index in [4.69, 9.17) is 11.6 Å². The summed E-state index contributed by atoms with van der Waals surface area (Å²) < 4.78 is 0. The standard InChI is InChI=1S/C13H17Cl/c1-13(10-14,12-7-8-12)9-11-5-3-2-4-6-11/h2-6,12H,7-10H2,1H3. The van der Waals surface area contributed by atoms with E-state index in [-0.39, 0.29) is 0 Å². The van der Waals surface area contributed by atoms with Crippen molar-refractivity contribution in [3.8, 4) is 0 Å². The van der Waals surface area contributed by atoms with Crippen LogP contribution in [0.2, 0.25) is 0 Å². The van der Waals surface area contributed by atoms with Crippen molar-refractivity contribution in [3.05, 3.63) is 35.9 Å². The smallest absolute Gasteiger partial charge is 0.0283 e. The van der Waals surface area contributed by atoms with E-state index in [1.807, 2.05) is 0 Å². The molecule has 0 aromatic heterocycles. The van der Waals surface area contributed by atoms with Gasteiger partial charge in [0.15, 0.2) is 0 Å². The van der Waals surface area contributed by atoms with Gasteiger partial charge in [0.2, 0.25) is 0 Å². The molecule has 1 atom stereocenters. The van der Waals surface area contributed by atoms with Crippen LogP contribution in [0.5, 0.6) is 0 Å².